The van der Waals surface area contributed by atoms with E-state index in [1.807, 2.05) is 18.2 Å². The number of hydrogen-bond donors (Lipinski definition) is 1. The van der Waals surface area contributed by atoms with E-state index in [1.54, 1.807) is 14.2 Å². The summed E-state index contributed by atoms with van der Waals surface area (Å²) in [6.45, 7) is 0.572. The van der Waals surface area contributed by atoms with Gasteiger partial charge in [-0.05, 0) is 43.4 Å². The van der Waals surface area contributed by atoms with E-state index in [0.717, 1.165) is 30.6 Å². The zero-order valence-corrected chi connectivity index (χ0v) is 11.7. The van der Waals surface area contributed by atoms with Crippen LogP contribution in [0.4, 0.5) is 5.69 Å². The minimum Gasteiger partial charge on any atom is -0.497 e. The Morgan fingerprint density at radius 2 is 1.95 bits per heavy atom. The topological polar surface area (TPSA) is 53.7 Å². The number of methoxy groups -OCH3 is 2. The molecule has 2 unspecified atom stereocenters. The first-order chi connectivity index (χ1) is 9.21. The molecule has 0 radical (unpaired) electrons. The highest BCUT2D eigenvalue weighted by molar-refractivity contribution is 5.47. The van der Waals surface area contributed by atoms with Crippen LogP contribution in [0.5, 0.6) is 5.75 Å². The van der Waals surface area contributed by atoms with Crippen LogP contribution in [0.15, 0.2) is 18.2 Å². The molecular formula is C15H23NO3. The summed E-state index contributed by atoms with van der Waals surface area (Å²) in [6.07, 6.45) is 5.03. The average Bonchev–Trinajstić information content (AvgIpc) is 2.44. The third-order valence-electron chi connectivity index (χ3n) is 3.62. The third-order valence-corrected chi connectivity index (χ3v) is 3.62. The standard InChI is InChI=1S/C15H23NO3/c1-17-13-4-3-5-14(9-13)19-10-11-6-12(16)8-15(7-11)18-2/h6-8,13-14H,3-5,9-10,16H2,1-2H3. The minimum atomic E-state index is 0.283. The van der Waals surface area contributed by atoms with Gasteiger partial charge in [0, 0.05) is 18.9 Å². The van der Waals surface area contributed by atoms with Crippen LogP contribution in [0.1, 0.15) is 31.2 Å². The zero-order chi connectivity index (χ0) is 13.7. The first kappa shape index (κ1) is 14.2. The highest BCUT2D eigenvalue weighted by Crippen LogP contribution is 2.25. The van der Waals surface area contributed by atoms with Crippen LogP contribution in [0.2, 0.25) is 0 Å². The smallest absolute Gasteiger partial charge is 0.121 e. The maximum Gasteiger partial charge on any atom is 0.121 e. The van der Waals surface area contributed by atoms with E-state index in [1.165, 1.54) is 6.42 Å². The lowest BCUT2D eigenvalue weighted by atomic mass is 9.95. The molecular weight excluding hydrogens is 242 g/mol. The molecule has 4 heteroatoms. The van der Waals surface area contributed by atoms with Gasteiger partial charge in [0.1, 0.15) is 5.75 Å². The molecule has 1 saturated carbocycles. The molecule has 1 aliphatic rings. The first-order valence-electron chi connectivity index (χ1n) is 6.79. The average molecular weight is 265 g/mol. The molecule has 1 fully saturated rings. The van der Waals surface area contributed by atoms with Crippen LogP contribution in [0.25, 0.3) is 0 Å². The Balaban J connectivity index is 1.89. The molecule has 106 valence electrons. The molecule has 19 heavy (non-hydrogen) atoms. The first-order valence-corrected chi connectivity index (χ1v) is 6.79. The highest BCUT2D eigenvalue weighted by Gasteiger charge is 2.22. The normalized spacial score (nSPS) is 23.3. The van der Waals surface area contributed by atoms with E-state index >= 15 is 0 Å². The van der Waals surface area contributed by atoms with Crippen LogP contribution >= 0.6 is 0 Å². The largest absolute Gasteiger partial charge is 0.497 e. The Bertz CT molecular complexity index is 408. The van der Waals surface area contributed by atoms with Gasteiger partial charge in [-0.15, -0.1) is 0 Å². The van der Waals surface area contributed by atoms with Crippen LogP contribution in [0, 0.1) is 0 Å². The predicted octanol–water partition coefficient (Wildman–Crippen LogP) is 2.75. The van der Waals surface area contributed by atoms with Gasteiger partial charge in [0.15, 0.2) is 0 Å². The summed E-state index contributed by atoms with van der Waals surface area (Å²) in [6, 6.07) is 5.71. The van der Waals surface area contributed by atoms with E-state index in [4.69, 9.17) is 19.9 Å². The summed E-state index contributed by atoms with van der Waals surface area (Å²) in [7, 11) is 3.42. The van der Waals surface area contributed by atoms with Crippen molar-refractivity contribution < 1.29 is 14.2 Å². The molecule has 0 aliphatic heterocycles. The lowest BCUT2D eigenvalue weighted by molar-refractivity contribution is -0.0363. The second-order valence-electron chi connectivity index (χ2n) is 5.07. The fourth-order valence-corrected chi connectivity index (χ4v) is 2.57. The molecule has 1 aromatic rings. The molecule has 1 aliphatic carbocycles. The maximum absolute atomic E-state index is 5.96. The van der Waals surface area contributed by atoms with E-state index in [9.17, 15) is 0 Å². The van der Waals surface area contributed by atoms with Crippen molar-refractivity contribution in [2.75, 3.05) is 20.0 Å². The fourth-order valence-electron chi connectivity index (χ4n) is 2.57. The second kappa shape index (κ2) is 6.78. The van der Waals surface area contributed by atoms with E-state index in [2.05, 4.69) is 0 Å². The minimum absolute atomic E-state index is 0.283. The molecule has 0 aromatic heterocycles. The summed E-state index contributed by atoms with van der Waals surface area (Å²) in [5.74, 6) is 0.775. The Morgan fingerprint density at radius 1 is 1.16 bits per heavy atom. The van der Waals surface area contributed by atoms with Crippen LogP contribution in [0.3, 0.4) is 0 Å². The number of rotatable bonds is 5. The second-order valence-corrected chi connectivity index (χ2v) is 5.07. The number of hydrogen-bond acceptors (Lipinski definition) is 4. The van der Waals surface area contributed by atoms with Gasteiger partial charge in [0.05, 0.1) is 25.9 Å². The van der Waals surface area contributed by atoms with Gasteiger partial charge in [-0.3, -0.25) is 0 Å². The molecule has 2 rings (SSSR count). The van der Waals surface area contributed by atoms with Gasteiger partial charge in [-0.2, -0.15) is 0 Å². The van der Waals surface area contributed by atoms with E-state index < -0.39 is 0 Å². The Labute approximate surface area is 114 Å². The van der Waals surface area contributed by atoms with Crippen molar-refractivity contribution in [3.8, 4) is 5.75 Å². The third kappa shape index (κ3) is 4.11. The molecule has 0 saturated heterocycles. The fraction of sp³-hybridized carbons (Fsp3) is 0.600. The molecule has 0 bridgehead atoms. The lowest BCUT2D eigenvalue weighted by Gasteiger charge is -2.28. The number of nitrogens with two attached hydrogens (primary N) is 1. The van der Waals surface area contributed by atoms with Crippen LogP contribution in [-0.4, -0.2) is 26.4 Å². The number of ether oxygens (including phenoxy) is 3. The molecule has 0 heterocycles. The molecule has 1 aromatic carbocycles. The Morgan fingerprint density at radius 3 is 2.68 bits per heavy atom. The predicted molar refractivity (Wildman–Crippen MR) is 75.2 cm³/mol. The van der Waals surface area contributed by atoms with Crippen LogP contribution < -0.4 is 10.5 Å². The summed E-state index contributed by atoms with van der Waals surface area (Å²) in [5, 5.41) is 0. The quantitative estimate of drug-likeness (QED) is 0.832. The Kier molecular flexibility index (Phi) is 5.05. The summed E-state index contributed by atoms with van der Waals surface area (Å²) in [4.78, 5) is 0. The lowest BCUT2D eigenvalue weighted by Crippen LogP contribution is -2.27. The van der Waals surface area contributed by atoms with Crippen molar-refractivity contribution in [3.63, 3.8) is 0 Å². The number of benzene rings is 1. The summed E-state index contributed by atoms with van der Waals surface area (Å²) >= 11 is 0. The molecule has 0 amide bonds. The molecule has 2 atom stereocenters. The summed E-state index contributed by atoms with van der Waals surface area (Å²) < 4.78 is 16.6. The van der Waals surface area contributed by atoms with Crippen molar-refractivity contribution in [2.45, 2.75) is 44.5 Å². The zero-order valence-electron chi connectivity index (χ0n) is 11.7. The molecule has 0 spiro atoms. The van der Waals surface area contributed by atoms with Crippen molar-refractivity contribution in [1.82, 2.24) is 0 Å². The van der Waals surface area contributed by atoms with E-state index in [-0.39, 0.29) is 6.10 Å². The number of anilines is 1. The van der Waals surface area contributed by atoms with E-state index in [0.29, 0.717) is 18.4 Å². The monoisotopic (exact) mass is 265 g/mol. The molecule has 2 N–H and O–H groups in total. The SMILES string of the molecule is COc1cc(N)cc(COC2CCCC(OC)C2)c1. The van der Waals surface area contributed by atoms with Gasteiger partial charge in [-0.1, -0.05) is 0 Å². The van der Waals surface area contributed by atoms with Crippen molar-refractivity contribution in [3.05, 3.63) is 23.8 Å². The number of nitrogen functional groups attached to an aromatic ring is 1. The van der Waals surface area contributed by atoms with Crippen molar-refractivity contribution in [2.24, 2.45) is 0 Å². The molecule has 4 nitrogen and oxygen atoms in total. The van der Waals surface area contributed by atoms with Gasteiger partial charge in [-0.25, -0.2) is 0 Å². The summed E-state index contributed by atoms with van der Waals surface area (Å²) in [5.41, 5.74) is 7.59. The Hall–Kier alpha value is -1.26. The van der Waals surface area contributed by atoms with Gasteiger partial charge in [0.2, 0.25) is 0 Å². The van der Waals surface area contributed by atoms with Gasteiger partial charge < -0.3 is 19.9 Å². The van der Waals surface area contributed by atoms with Crippen LogP contribution in [-0.2, 0) is 16.1 Å². The maximum atomic E-state index is 5.96. The van der Waals surface area contributed by atoms with Gasteiger partial charge in [0.25, 0.3) is 0 Å². The van der Waals surface area contributed by atoms with Crippen molar-refractivity contribution in [1.29, 1.82) is 0 Å². The van der Waals surface area contributed by atoms with Crippen molar-refractivity contribution >= 4 is 5.69 Å². The highest BCUT2D eigenvalue weighted by atomic mass is 16.5. The van der Waals surface area contributed by atoms with Gasteiger partial charge >= 0.3 is 0 Å².